The van der Waals surface area contributed by atoms with Gasteiger partial charge in [0.2, 0.25) is 11.8 Å². The van der Waals surface area contributed by atoms with Crippen molar-refractivity contribution in [3.63, 3.8) is 0 Å². The first-order valence-electron chi connectivity index (χ1n) is 14.3. The fourth-order valence-corrected chi connectivity index (χ4v) is 2.89. The molecule has 1 aliphatic carbocycles. The molecule has 0 aromatic heterocycles. The van der Waals surface area contributed by atoms with E-state index in [9.17, 15) is 19.2 Å². The number of hydrogen-bond acceptors (Lipinski definition) is 9. The molecule has 0 radical (unpaired) electrons. The molecule has 0 bridgehead atoms. The number of ketones is 1. The van der Waals surface area contributed by atoms with Gasteiger partial charge in [0.05, 0.1) is 52.7 Å². The van der Waals surface area contributed by atoms with Crippen LogP contribution in [0, 0.1) is 11.8 Å². The van der Waals surface area contributed by atoms with Gasteiger partial charge in [-0.2, -0.15) is 0 Å². The predicted molar refractivity (Wildman–Crippen MR) is 151 cm³/mol. The van der Waals surface area contributed by atoms with Crippen LogP contribution in [0.3, 0.4) is 0 Å². The van der Waals surface area contributed by atoms with Crippen molar-refractivity contribution in [1.82, 2.24) is 5.32 Å². The van der Waals surface area contributed by atoms with E-state index in [0.717, 1.165) is 32.3 Å². The van der Waals surface area contributed by atoms with Gasteiger partial charge in [0.25, 0.3) is 0 Å². The Morgan fingerprint density at radius 2 is 1.38 bits per heavy atom. The highest BCUT2D eigenvalue weighted by Gasteiger charge is 2.15. The first-order chi connectivity index (χ1) is 19.3. The fraction of sp³-hybridized carbons (Fsp3) is 0.793. The molecule has 1 heterocycles. The maximum atomic E-state index is 10.7. The zero-order valence-corrected chi connectivity index (χ0v) is 24.9. The molecule has 2 aliphatic rings. The lowest BCUT2D eigenvalue weighted by molar-refractivity contribution is -0.138. The van der Waals surface area contributed by atoms with Crippen LogP contribution in [0.15, 0.2) is 0 Å². The molecule has 11 nitrogen and oxygen atoms in total. The van der Waals surface area contributed by atoms with Crippen LogP contribution in [0.2, 0.25) is 0 Å². The molecule has 1 fully saturated rings. The molecule has 1 atom stereocenters. The average molecular weight is 574 g/mol. The largest absolute Gasteiger partial charge is 0.481 e. The van der Waals surface area contributed by atoms with Gasteiger partial charge in [-0.05, 0) is 32.6 Å². The number of carboxylic acid groups (broad SMARTS) is 1. The molecule has 1 saturated heterocycles. The van der Waals surface area contributed by atoms with E-state index < -0.39 is 5.97 Å². The summed E-state index contributed by atoms with van der Waals surface area (Å²) in [5, 5.41) is 10.5. The molecule has 11 heteroatoms. The Morgan fingerprint density at radius 1 is 0.850 bits per heavy atom. The standard InChI is InChI=1S/C12H24O6.C11H16O2.C4H5NO2.C2H6/c1-2-4-15-6-8-17-10-11-18-9-7-16-5-3-12(13)14;1-10(12)9-13-11-7-5-3-2-4-6-8-11;6-3-1-2-4(7)5-3;1-2/h2-11H2,1H3,(H,13,14);11H,2-5,7,9H2,1H3;1-2H2,(H,5,6,7);1-2H3. The molecular weight excluding hydrogens is 522 g/mol. The van der Waals surface area contributed by atoms with Crippen LogP contribution in [0.4, 0.5) is 0 Å². The van der Waals surface area contributed by atoms with E-state index in [2.05, 4.69) is 24.1 Å². The summed E-state index contributed by atoms with van der Waals surface area (Å²) < 4.78 is 26.1. The van der Waals surface area contributed by atoms with Gasteiger partial charge in [0.15, 0.2) is 5.78 Å². The molecular formula is C29H51NO10. The fourth-order valence-electron chi connectivity index (χ4n) is 2.89. The zero-order chi connectivity index (χ0) is 30.3. The summed E-state index contributed by atoms with van der Waals surface area (Å²) in [5.41, 5.74) is 0. The van der Waals surface area contributed by atoms with Crippen molar-refractivity contribution in [2.45, 2.75) is 91.6 Å². The monoisotopic (exact) mass is 573 g/mol. The summed E-state index contributed by atoms with van der Waals surface area (Å²) >= 11 is 0. The molecule has 0 aromatic rings. The van der Waals surface area contributed by atoms with Gasteiger partial charge in [-0.1, -0.05) is 33.1 Å². The van der Waals surface area contributed by atoms with Crippen molar-refractivity contribution >= 4 is 23.6 Å². The summed E-state index contributed by atoms with van der Waals surface area (Å²) in [7, 11) is 0. The Bertz CT molecular complexity index is 703. The lowest BCUT2D eigenvalue weighted by atomic mass is 10.1. The second kappa shape index (κ2) is 31.2. The van der Waals surface area contributed by atoms with Crippen LogP contribution >= 0.6 is 0 Å². The van der Waals surface area contributed by atoms with E-state index in [0.29, 0.717) is 52.5 Å². The van der Waals surface area contributed by atoms with Crippen LogP contribution in [0.25, 0.3) is 0 Å². The Morgan fingerprint density at radius 3 is 1.82 bits per heavy atom. The van der Waals surface area contributed by atoms with Crippen molar-refractivity contribution in [3.05, 3.63) is 0 Å². The van der Waals surface area contributed by atoms with Crippen LogP contribution in [-0.4, -0.2) is 94.2 Å². The Kier molecular flexibility index (Phi) is 31.0. The Hall–Kier alpha value is -2.36. The van der Waals surface area contributed by atoms with Crippen LogP contribution in [-0.2, 0) is 42.9 Å². The number of nitrogens with one attached hydrogen (secondary N) is 1. The molecule has 2 amide bonds. The minimum atomic E-state index is -0.852. The highest BCUT2D eigenvalue weighted by atomic mass is 16.6. The quantitative estimate of drug-likeness (QED) is 0.151. The predicted octanol–water partition coefficient (Wildman–Crippen LogP) is 3.31. The molecule has 0 spiro atoms. The Balaban J connectivity index is 0. The van der Waals surface area contributed by atoms with Crippen molar-refractivity contribution in [2.24, 2.45) is 0 Å². The van der Waals surface area contributed by atoms with Gasteiger partial charge in [-0.25, -0.2) is 0 Å². The minimum Gasteiger partial charge on any atom is -0.481 e. The number of amides is 2. The SMILES string of the molecule is CC.CC(=O)COC1C#CCCCCC1.CCCOCCOCCOCCOCCC(=O)O.O=C1CCC(=O)N1. The first-order valence-corrected chi connectivity index (χ1v) is 14.3. The molecule has 2 N–H and O–H groups in total. The third-order valence-corrected chi connectivity index (χ3v) is 4.80. The normalized spacial score (nSPS) is 15.8. The van der Waals surface area contributed by atoms with E-state index in [4.69, 9.17) is 28.8 Å². The lowest BCUT2D eigenvalue weighted by Crippen LogP contribution is -2.18. The van der Waals surface area contributed by atoms with E-state index in [1.807, 2.05) is 13.8 Å². The molecule has 0 aromatic carbocycles. The topological polar surface area (TPSA) is 147 Å². The molecule has 0 saturated carbocycles. The summed E-state index contributed by atoms with van der Waals surface area (Å²) in [4.78, 5) is 41.1. The van der Waals surface area contributed by atoms with Gasteiger partial charge in [-0.15, -0.1) is 5.92 Å². The van der Waals surface area contributed by atoms with Crippen LogP contribution < -0.4 is 5.32 Å². The van der Waals surface area contributed by atoms with E-state index in [-0.39, 0.29) is 43.3 Å². The number of carbonyl (C=O) groups excluding carboxylic acids is 3. The van der Waals surface area contributed by atoms with Crippen molar-refractivity contribution in [3.8, 4) is 11.8 Å². The third kappa shape index (κ3) is 31.9. The van der Waals surface area contributed by atoms with Crippen LogP contribution in [0.5, 0.6) is 0 Å². The first kappa shape index (κ1) is 39.8. The lowest BCUT2D eigenvalue weighted by Gasteiger charge is -2.12. The number of ether oxygens (including phenoxy) is 5. The molecule has 2 rings (SSSR count). The second-order valence-electron chi connectivity index (χ2n) is 8.49. The highest BCUT2D eigenvalue weighted by Crippen LogP contribution is 2.10. The molecule has 1 unspecified atom stereocenters. The molecule has 40 heavy (non-hydrogen) atoms. The number of Topliss-reactive ketones (excluding diaryl/α,β-unsaturated/α-hetero) is 1. The second-order valence-corrected chi connectivity index (χ2v) is 8.49. The smallest absolute Gasteiger partial charge is 0.305 e. The summed E-state index contributed by atoms with van der Waals surface area (Å²) in [5.74, 6) is 5.05. The maximum absolute atomic E-state index is 10.7. The minimum absolute atomic E-state index is 0.0100. The number of carboxylic acids is 1. The van der Waals surface area contributed by atoms with Crippen molar-refractivity contribution < 1.29 is 48.0 Å². The van der Waals surface area contributed by atoms with Gasteiger partial charge < -0.3 is 28.8 Å². The van der Waals surface area contributed by atoms with Gasteiger partial charge >= 0.3 is 5.97 Å². The van der Waals surface area contributed by atoms with Crippen molar-refractivity contribution in [2.75, 3.05) is 59.5 Å². The van der Waals surface area contributed by atoms with Crippen LogP contribution in [0.1, 0.15) is 85.5 Å². The highest BCUT2D eigenvalue weighted by molar-refractivity contribution is 6.01. The summed E-state index contributed by atoms with van der Waals surface area (Å²) in [6.07, 6.45) is 7.33. The number of rotatable bonds is 17. The number of aliphatic carboxylic acids is 1. The Labute approximate surface area is 240 Å². The summed E-state index contributed by atoms with van der Waals surface area (Å²) in [6, 6.07) is 0. The molecule has 232 valence electrons. The maximum Gasteiger partial charge on any atom is 0.305 e. The van der Waals surface area contributed by atoms with Gasteiger partial charge in [0.1, 0.15) is 12.7 Å². The van der Waals surface area contributed by atoms with Gasteiger partial charge in [0, 0.05) is 25.9 Å². The summed E-state index contributed by atoms with van der Waals surface area (Å²) in [6.45, 7) is 11.9. The number of carbonyl (C=O) groups is 4. The number of imide groups is 1. The van der Waals surface area contributed by atoms with Gasteiger partial charge in [-0.3, -0.25) is 24.5 Å². The third-order valence-electron chi connectivity index (χ3n) is 4.80. The van der Waals surface area contributed by atoms with E-state index in [1.165, 1.54) is 19.8 Å². The van der Waals surface area contributed by atoms with E-state index in [1.54, 1.807) is 0 Å². The molecule has 1 aliphatic heterocycles. The van der Waals surface area contributed by atoms with E-state index >= 15 is 0 Å². The zero-order valence-electron chi connectivity index (χ0n) is 24.9. The number of hydrogen-bond donors (Lipinski definition) is 2. The average Bonchev–Trinajstić information content (AvgIpc) is 3.30. The van der Waals surface area contributed by atoms with Crippen molar-refractivity contribution in [1.29, 1.82) is 0 Å².